The average molecular weight is 472 g/mol. The standard InChI is InChI=1S/C26H32F3N5/c27-26(28,29)23-18-34(24-7-6-19(15-30)25-22(24)5-4-10-31-25)17-20(23)16-32-13-8-21(9-14-32)33-11-2-1-3-12-33/h4-7,10,20-21,23H,1-3,8-9,11-14,16-18H2/t20-,23-/m0/s1. The Bertz CT molecular complexity index is 1030. The Balaban J connectivity index is 1.30. The SMILES string of the molecule is N#Cc1ccc(N2C[C@H](CN3CCC(N4CCCCC4)CC3)[C@@H](C(F)(F)F)C2)c2cccnc12. The summed E-state index contributed by atoms with van der Waals surface area (Å²) in [5.74, 6) is -1.82. The number of fused-ring (bicyclic) bond motifs is 1. The van der Waals surface area contributed by atoms with Crippen LogP contribution in [0.2, 0.25) is 0 Å². The lowest BCUT2D eigenvalue weighted by atomic mass is 9.93. The number of piperidine rings is 2. The highest BCUT2D eigenvalue weighted by Crippen LogP contribution is 2.41. The second kappa shape index (κ2) is 9.71. The van der Waals surface area contributed by atoms with Crippen molar-refractivity contribution in [2.24, 2.45) is 11.8 Å². The van der Waals surface area contributed by atoms with Gasteiger partial charge in [0.05, 0.1) is 17.0 Å². The molecule has 0 radical (unpaired) electrons. The van der Waals surface area contributed by atoms with E-state index in [2.05, 4.69) is 20.9 Å². The van der Waals surface area contributed by atoms with Crippen LogP contribution in [0.25, 0.3) is 10.9 Å². The van der Waals surface area contributed by atoms with Crippen LogP contribution in [0.15, 0.2) is 30.5 Å². The summed E-state index contributed by atoms with van der Waals surface area (Å²) in [6, 6.07) is 9.80. The topological polar surface area (TPSA) is 46.4 Å². The number of likely N-dealkylation sites (tertiary alicyclic amines) is 2. The van der Waals surface area contributed by atoms with E-state index in [9.17, 15) is 18.4 Å². The zero-order chi connectivity index (χ0) is 23.7. The number of halogens is 3. The fraction of sp³-hybridized carbons (Fsp3) is 0.615. The highest BCUT2D eigenvalue weighted by Gasteiger charge is 2.50. The summed E-state index contributed by atoms with van der Waals surface area (Å²) < 4.78 is 42.3. The van der Waals surface area contributed by atoms with Crippen LogP contribution >= 0.6 is 0 Å². The molecular weight excluding hydrogens is 439 g/mol. The number of nitriles is 1. The van der Waals surface area contributed by atoms with Crippen LogP contribution in [0.4, 0.5) is 18.9 Å². The molecule has 3 fully saturated rings. The Hall–Kier alpha value is -2.37. The average Bonchev–Trinajstić information content (AvgIpc) is 3.28. The monoisotopic (exact) mass is 471 g/mol. The van der Waals surface area contributed by atoms with Crippen molar-refractivity contribution >= 4 is 16.6 Å². The maximum Gasteiger partial charge on any atom is 0.393 e. The molecule has 0 N–H and O–H groups in total. The minimum absolute atomic E-state index is 0.0473. The van der Waals surface area contributed by atoms with Crippen LogP contribution in [0.5, 0.6) is 0 Å². The van der Waals surface area contributed by atoms with Crippen molar-refractivity contribution in [3.8, 4) is 6.07 Å². The van der Waals surface area contributed by atoms with Crippen molar-refractivity contribution in [2.75, 3.05) is 50.7 Å². The minimum atomic E-state index is -4.23. The van der Waals surface area contributed by atoms with E-state index in [0.717, 1.165) is 37.0 Å². The quantitative estimate of drug-likeness (QED) is 0.649. The number of nitrogens with zero attached hydrogens (tertiary/aromatic N) is 5. The van der Waals surface area contributed by atoms with E-state index < -0.39 is 18.0 Å². The van der Waals surface area contributed by atoms with Gasteiger partial charge in [-0.1, -0.05) is 6.42 Å². The summed E-state index contributed by atoms with van der Waals surface area (Å²) in [5.41, 5.74) is 1.73. The van der Waals surface area contributed by atoms with Crippen LogP contribution in [-0.2, 0) is 0 Å². The first-order chi connectivity index (χ1) is 16.4. The number of aromatic nitrogens is 1. The fourth-order valence-electron chi connectivity index (χ4n) is 6.23. The van der Waals surface area contributed by atoms with E-state index in [1.54, 1.807) is 24.4 Å². The van der Waals surface area contributed by atoms with E-state index in [1.807, 2.05) is 11.0 Å². The number of pyridine rings is 1. The normalized spacial score (nSPS) is 25.6. The molecule has 5 rings (SSSR count). The van der Waals surface area contributed by atoms with E-state index in [-0.39, 0.29) is 6.54 Å². The molecule has 4 heterocycles. The third-order valence-electron chi connectivity index (χ3n) is 8.03. The fourth-order valence-corrected chi connectivity index (χ4v) is 6.23. The van der Waals surface area contributed by atoms with Crippen LogP contribution in [0, 0.1) is 23.2 Å². The summed E-state index contributed by atoms with van der Waals surface area (Å²) >= 11 is 0. The van der Waals surface area contributed by atoms with E-state index in [0.29, 0.717) is 30.2 Å². The Labute approximate surface area is 199 Å². The summed E-state index contributed by atoms with van der Waals surface area (Å²) in [5, 5.41) is 10.1. The first-order valence-corrected chi connectivity index (χ1v) is 12.5. The van der Waals surface area contributed by atoms with Crippen molar-refractivity contribution in [3.05, 3.63) is 36.0 Å². The predicted octanol–water partition coefficient (Wildman–Crippen LogP) is 4.67. The Morgan fingerprint density at radius 1 is 1.00 bits per heavy atom. The summed E-state index contributed by atoms with van der Waals surface area (Å²) in [6.45, 7) is 4.91. The maximum absolute atomic E-state index is 14.1. The van der Waals surface area contributed by atoms with Gasteiger partial charge in [0.15, 0.2) is 0 Å². The van der Waals surface area contributed by atoms with Gasteiger partial charge < -0.3 is 14.7 Å². The van der Waals surface area contributed by atoms with Gasteiger partial charge in [-0.25, -0.2) is 0 Å². The van der Waals surface area contributed by atoms with Crippen molar-refractivity contribution < 1.29 is 13.2 Å². The molecule has 2 aromatic rings. The predicted molar refractivity (Wildman–Crippen MR) is 127 cm³/mol. The van der Waals surface area contributed by atoms with Crippen molar-refractivity contribution in [1.82, 2.24) is 14.8 Å². The van der Waals surface area contributed by atoms with Crippen molar-refractivity contribution in [1.29, 1.82) is 5.26 Å². The van der Waals surface area contributed by atoms with Crippen LogP contribution in [0.1, 0.15) is 37.7 Å². The molecule has 0 aliphatic carbocycles. The van der Waals surface area contributed by atoms with Gasteiger partial charge in [-0.2, -0.15) is 18.4 Å². The summed E-state index contributed by atoms with van der Waals surface area (Å²) in [7, 11) is 0. The largest absolute Gasteiger partial charge is 0.393 e. The molecule has 0 amide bonds. The van der Waals surface area contributed by atoms with Gasteiger partial charge in [-0.05, 0) is 76.1 Å². The van der Waals surface area contributed by atoms with Crippen molar-refractivity contribution in [2.45, 2.75) is 44.3 Å². The molecule has 0 spiro atoms. The van der Waals surface area contributed by atoms with E-state index in [1.165, 1.54) is 32.4 Å². The van der Waals surface area contributed by atoms with Crippen LogP contribution in [0.3, 0.4) is 0 Å². The lowest BCUT2D eigenvalue weighted by Gasteiger charge is -2.41. The van der Waals surface area contributed by atoms with E-state index in [4.69, 9.17) is 0 Å². The zero-order valence-electron chi connectivity index (χ0n) is 19.5. The molecule has 182 valence electrons. The number of hydrogen-bond donors (Lipinski definition) is 0. The lowest BCUT2D eigenvalue weighted by molar-refractivity contribution is -0.180. The molecule has 2 atom stereocenters. The van der Waals surface area contributed by atoms with Gasteiger partial charge in [-0.15, -0.1) is 0 Å². The zero-order valence-corrected chi connectivity index (χ0v) is 19.5. The second-order valence-electron chi connectivity index (χ2n) is 10.1. The van der Waals surface area contributed by atoms with Gasteiger partial charge >= 0.3 is 6.18 Å². The molecule has 5 nitrogen and oxygen atoms in total. The molecule has 8 heteroatoms. The number of hydrogen-bond acceptors (Lipinski definition) is 5. The third kappa shape index (κ3) is 4.73. The smallest absolute Gasteiger partial charge is 0.370 e. The molecular formula is C26H32F3N5. The van der Waals surface area contributed by atoms with Gasteiger partial charge in [0.1, 0.15) is 6.07 Å². The van der Waals surface area contributed by atoms with Crippen LogP contribution < -0.4 is 4.90 Å². The van der Waals surface area contributed by atoms with Gasteiger partial charge in [0.2, 0.25) is 0 Å². The Morgan fingerprint density at radius 2 is 1.76 bits per heavy atom. The van der Waals surface area contributed by atoms with Crippen LogP contribution in [-0.4, -0.2) is 72.8 Å². The molecule has 34 heavy (non-hydrogen) atoms. The molecule has 0 saturated carbocycles. The Morgan fingerprint density at radius 3 is 2.47 bits per heavy atom. The molecule has 3 aliphatic rings. The summed E-state index contributed by atoms with van der Waals surface area (Å²) in [4.78, 5) is 11.0. The number of anilines is 1. The highest BCUT2D eigenvalue weighted by molar-refractivity contribution is 5.95. The lowest BCUT2D eigenvalue weighted by Crippen LogP contribution is -2.48. The maximum atomic E-state index is 14.1. The molecule has 3 aliphatic heterocycles. The van der Waals surface area contributed by atoms with Gasteiger partial charge in [0, 0.05) is 48.9 Å². The second-order valence-corrected chi connectivity index (χ2v) is 10.1. The van der Waals surface area contributed by atoms with Gasteiger partial charge in [0.25, 0.3) is 0 Å². The Kier molecular flexibility index (Phi) is 6.67. The molecule has 0 bridgehead atoms. The number of benzene rings is 1. The van der Waals surface area contributed by atoms with Crippen molar-refractivity contribution in [3.63, 3.8) is 0 Å². The van der Waals surface area contributed by atoms with Gasteiger partial charge in [-0.3, -0.25) is 4.98 Å². The molecule has 0 unspecified atom stereocenters. The summed E-state index contributed by atoms with van der Waals surface area (Å²) in [6.07, 6.45) is 3.35. The van der Waals surface area contributed by atoms with E-state index >= 15 is 0 Å². The number of alkyl halides is 3. The first-order valence-electron chi connectivity index (χ1n) is 12.5. The molecule has 1 aromatic carbocycles. The first kappa shape index (κ1) is 23.4. The number of rotatable bonds is 4. The molecule has 1 aromatic heterocycles. The third-order valence-corrected chi connectivity index (χ3v) is 8.03. The highest BCUT2D eigenvalue weighted by atomic mass is 19.4. The minimum Gasteiger partial charge on any atom is -0.370 e. The molecule has 3 saturated heterocycles.